The van der Waals surface area contributed by atoms with Crippen molar-refractivity contribution in [1.82, 2.24) is 14.9 Å². The molecule has 8 heteroatoms. The molecule has 112 valence electrons. The Bertz CT molecular complexity index is 892. The number of nitrogens with zero attached hydrogens (tertiary/aromatic N) is 2. The molecule has 2 aromatic rings. The minimum absolute atomic E-state index is 0.118. The number of carbonyl (C=O) groups excluding carboxylic acids is 1. The molecule has 0 aromatic carbocycles. The summed E-state index contributed by atoms with van der Waals surface area (Å²) in [4.78, 5) is 38.6. The van der Waals surface area contributed by atoms with Gasteiger partial charge >= 0.3 is 5.97 Å². The molecule has 0 saturated carbocycles. The molecule has 8 nitrogen and oxygen atoms in total. The Morgan fingerprint density at radius 3 is 2.73 bits per heavy atom. The summed E-state index contributed by atoms with van der Waals surface area (Å²) in [6.45, 7) is -0.673. The van der Waals surface area contributed by atoms with Crippen LogP contribution in [-0.4, -0.2) is 38.2 Å². The summed E-state index contributed by atoms with van der Waals surface area (Å²) in [5.41, 5.74) is -0.973. The van der Waals surface area contributed by atoms with Crippen LogP contribution < -0.4 is 10.9 Å². The van der Waals surface area contributed by atoms with Gasteiger partial charge in [-0.1, -0.05) is 5.92 Å². The van der Waals surface area contributed by atoms with Gasteiger partial charge in [0.1, 0.15) is 29.2 Å². The number of amides is 1. The average Bonchev–Trinajstić information content (AvgIpc) is 2.50. The van der Waals surface area contributed by atoms with Crippen LogP contribution in [0.3, 0.4) is 0 Å². The Hall–Kier alpha value is -3.34. The van der Waals surface area contributed by atoms with Gasteiger partial charge in [0.25, 0.3) is 11.5 Å². The standard InChI is InChI=1S/C14H11N3O5/c1-3-7-4-5-8-11(20)10(13(21)15-6-9(18)19)14(22)17(2)12(8)16-7/h1,4-5,20H,6H2,2H3,(H,15,21)(H,18,19). The Kier molecular flexibility index (Phi) is 3.81. The number of rotatable bonds is 3. The monoisotopic (exact) mass is 301 g/mol. The number of hydrogen-bond donors (Lipinski definition) is 3. The first-order valence-electron chi connectivity index (χ1n) is 6.06. The molecule has 0 bridgehead atoms. The number of carboxylic acids is 1. The Balaban J connectivity index is 2.67. The van der Waals surface area contributed by atoms with Gasteiger partial charge in [0, 0.05) is 7.05 Å². The highest BCUT2D eigenvalue weighted by Gasteiger charge is 2.22. The van der Waals surface area contributed by atoms with Crippen molar-refractivity contribution in [1.29, 1.82) is 0 Å². The first-order chi connectivity index (χ1) is 10.4. The van der Waals surface area contributed by atoms with Crippen LogP contribution in [0.4, 0.5) is 0 Å². The largest absolute Gasteiger partial charge is 0.506 e. The van der Waals surface area contributed by atoms with Crippen molar-refractivity contribution in [2.75, 3.05) is 6.54 Å². The normalized spacial score (nSPS) is 10.2. The van der Waals surface area contributed by atoms with Crippen LogP contribution in [0.2, 0.25) is 0 Å². The van der Waals surface area contributed by atoms with Crippen molar-refractivity contribution < 1.29 is 19.8 Å². The lowest BCUT2D eigenvalue weighted by Gasteiger charge is -2.11. The second-order valence-electron chi connectivity index (χ2n) is 4.38. The number of aromatic hydroxyl groups is 1. The van der Waals surface area contributed by atoms with E-state index in [4.69, 9.17) is 11.5 Å². The predicted molar refractivity (Wildman–Crippen MR) is 76.6 cm³/mol. The van der Waals surface area contributed by atoms with Gasteiger partial charge in [-0.15, -0.1) is 6.42 Å². The summed E-state index contributed by atoms with van der Waals surface area (Å²) < 4.78 is 1.06. The van der Waals surface area contributed by atoms with Gasteiger partial charge in [-0.25, -0.2) is 4.98 Å². The lowest BCUT2D eigenvalue weighted by molar-refractivity contribution is -0.135. The molecule has 2 rings (SSSR count). The van der Waals surface area contributed by atoms with E-state index in [1.165, 1.54) is 19.2 Å². The van der Waals surface area contributed by atoms with Gasteiger partial charge < -0.3 is 15.5 Å². The summed E-state index contributed by atoms with van der Waals surface area (Å²) in [6.07, 6.45) is 5.23. The van der Waals surface area contributed by atoms with Crippen LogP contribution in [0, 0.1) is 12.3 Å². The van der Waals surface area contributed by atoms with Crippen LogP contribution in [0.25, 0.3) is 11.0 Å². The van der Waals surface area contributed by atoms with Crippen LogP contribution in [0.5, 0.6) is 5.75 Å². The van der Waals surface area contributed by atoms with Crippen LogP contribution in [0.1, 0.15) is 16.1 Å². The highest BCUT2D eigenvalue weighted by Crippen LogP contribution is 2.24. The zero-order valence-electron chi connectivity index (χ0n) is 11.5. The Morgan fingerprint density at radius 1 is 1.45 bits per heavy atom. The minimum Gasteiger partial charge on any atom is -0.506 e. The number of aryl methyl sites for hydroxylation is 1. The predicted octanol–water partition coefficient (Wildman–Crippen LogP) is -0.565. The maximum atomic E-state index is 12.2. The number of aromatic nitrogens is 2. The smallest absolute Gasteiger partial charge is 0.322 e. The first kappa shape index (κ1) is 15.1. The van der Waals surface area contributed by atoms with Crippen molar-refractivity contribution >= 4 is 22.9 Å². The molecule has 0 fully saturated rings. The summed E-state index contributed by atoms with van der Waals surface area (Å²) in [5.74, 6) is -0.525. The van der Waals surface area contributed by atoms with E-state index >= 15 is 0 Å². The molecule has 1 amide bonds. The molecule has 2 aromatic heterocycles. The summed E-state index contributed by atoms with van der Waals surface area (Å²) in [7, 11) is 1.37. The molecule has 2 heterocycles. The number of carboxylic acid groups (broad SMARTS) is 1. The number of aliphatic carboxylic acids is 1. The van der Waals surface area contributed by atoms with E-state index in [0.717, 1.165) is 4.57 Å². The number of nitrogens with one attached hydrogen (secondary N) is 1. The first-order valence-corrected chi connectivity index (χ1v) is 6.06. The maximum absolute atomic E-state index is 12.2. The number of terminal acetylenes is 1. The second-order valence-corrected chi connectivity index (χ2v) is 4.38. The lowest BCUT2D eigenvalue weighted by atomic mass is 10.1. The van der Waals surface area contributed by atoms with Gasteiger partial charge in [-0.2, -0.15) is 0 Å². The van der Waals surface area contributed by atoms with Crippen molar-refractivity contribution in [3.63, 3.8) is 0 Å². The van der Waals surface area contributed by atoms with Gasteiger partial charge in [0.2, 0.25) is 0 Å². The molecular formula is C14H11N3O5. The molecule has 3 N–H and O–H groups in total. The highest BCUT2D eigenvalue weighted by molar-refractivity contribution is 6.02. The molecule has 0 aliphatic rings. The van der Waals surface area contributed by atoms with Crippen LogP contribution >= 0.6 is 0 Å². The van der Waals surface area contributed by atoms with Gasteiger partial charge in [-0.3, -0.25) is 19.0 Å². The molecule has 0 saturated heterocycles. The summed E-state index contributed by atoms with van der Waals surface area (Å²) in [5, 5.41) is 20.9. The van der Waals surface area contributed by atoms with Crippen LogP contribution in [-0.2, 0) is 11.8 Å². The minimum atomic E-state index is -1.27. The summed E-state index contributed by atoms with van der Waals surface area (Å²) in [6, 6.07) is 2.88. The van der Waals surface area contributed by atoms with E-state index < -0.39 is 35.3 Å². The van der Waals surface area contributed by atoms with Crippen molar-refractivity contribution in [2.45, 2.75) is 0 Å². The lowest BCUT2D eigenvalue weighted by Crippen LogP contribution is -2.35. The zero-order valence-corrected chi connectivity index (χ0v) is 11.5. The van der Waals surface area contributed by atoms with E-state index in [0.29, 0.717) is 0 Å². The van der Waals surface area contributed by atoms with Gasteiger partial charge in [0.05, 0.1) is 5.39 Å². The average molecular weight is 301 g/mol. The number of pyridine rings is 2. The second kappa shape index (κ2) is 5.57. The fourth-order valence-corrected chi connectivity index (χ4v) is 1.92. The SMILES string of the molecule is C#Cc1ccc2c(O)c(C(=O)NCC(=O)O)c(=O)n(C)c2n1. The van der Waals surface area contributed by atoms with E-state index in [1.54, 1.807) is 0 Å². The van der Waals surface area contributed by atoms with Crippen molar-refractivity contribution in [3.8, 4) is 18.1 Å². The molecule has 0 aliphatic carbocycles. The van der Waals surface area contributed by atoms with E-state index in [-0.39, 0.29) is 16.7 Å². The molecule has 0 aliphatic heterocycles. The summed E-state index contributed by atoms with van der Waals surface area (Å²) >= 11 is 0. The zero-order chi connectivity index (χ0) is 16.4. The number of carbonyl (C=O) groups is 2. The Labute approximate surface area is 124 Å². The van der Waals surface area contributed by atoms with Gasteiger partial charge in [-0.05, 0) is 12.1 Å². The third-order valence-electron chi connectivity index (χ3n) is 2.98. The third kappa shape index (κ3) is 2.47. The molecule has 0 atom stereocenters. The van der Waals surface area contributed by atoms with E-state index in [9.17, 15) is 19.5 Å². The topological polar surface area (TPSA) is 122 Å². The molecular weight excluding hydrogens is 290 g/mol. The third-order valence-corrected chi connectivity index (χ3v) is 2.98. The fourth-order valence-electron chi connectivity index (χ4n) is 1.92. The maximum Gasteiger partial charge on any atom is 0.322 e. The molecule has 22 heavy (non-hydrogen) atoms. The molecule has 0 radical (unpaired) electrons. The molecule has 0 unspecified atom stereocenters. The van der Waals surface area contributed by atoms with E-state index in [1.807, 2.05) is 5.32 Å². The number of fused-ring (bicyclic) bond motifs is 1. The van der Waals surface area contributed by atoms with Crippen LogP contribution in [0.15, 0.2) is 16.9 Å². The quantitative estimate of drug-likeness (QED) is 0.653. The fraction of sp³-hybridized carbons (Fsp3) is 0.143. The van der Waals surface area contributed by atoms with Crippen molar-refractivity contribution in [2.24, 2.45) is 7.05 Å². The van der Waals surface area contributed by atoms with Crippen molar-refractivity contribution in [3.05, 3.63) is 33.7 Å². The number of hydrogen-bond acceptors (Lipinski definition) is 5. The Morgan fingerprint density at radius 2 is 2.14 bits per heavy atom. The van der Waals surface area contributed by atoms with Gasteiger partial charge in [0.15, 0.2) is 0 Å². The van der Waals surface area contributed by atoms with E-state index in [2.05, 4.69) is 10.9 Å². The molecule has 0 spiro atoms. The highest BCUT2D eigenvalue weighted by atomic mass is 16.4.